The van der Waals surface area contributed by atoms with Crippen LogP contribution in [-0.2, 0) is 6.61 Å². The molecule has 2 aromatic carbocycles. The van der Waals surface area contributed by atoms with E-state index in [1.165, 1.54) is 4.68 Å². The van der Waals surface area contributed by atoms with E-state index in [1.54, 1.807) is 30.5 Å². The first kappa shape index (κ1) is 13.1. The van der Waals surface area contributed by atoms with Gasteiger partial charge < -0.3 is 4.74 Å². The van der Waals surface area contributed by atoms with Crippen molar-refractivity contribution in [3.8, 4) is 17.0 Å². The SMILES string of the molecule is O=C(c1ccc(Cl)cc1)n1cc2c(n1)-c1ccccc1OC2. The van der Waals surface area contributed by atoms with Crippen LogP contribution in [0.5, 0.6) is 5.75 Å². The summed E-state index contributed by atoms with van der Waals surface area (Å²) in [5.74, 6) is 0.600. The Hall–Kier alpha value is -2.59. The van der Waals surface area contributed by atoms with Gasteiger partial charge in [0.1, 0.15) is 18.1 Å². The molecule has 4 rings (SSSR count). The van der Waals surface area contributed by atoms with Crippen molar-refractivity contribution in [1.29, 1.82) is 0 Å². The van der Waals surface area contributed by atoms with Crippen molar-refractivity contribution in [3.05, 3.63) is 70.9 Å². The van der Waals surface area contributed by atoms with Gasteiger partial charge in [-0.1, -0.05) is 23.7 Å². The Balaban J connectivity index is 1.76. The smallest absolute Gasteiger partial charge is 0.278 e. The molecule has 0 N–H and O–H groups in total. The van der Waals surface area contributed by atoms with Gasteiger partial charge >= 0.3 is 0 Å². The van der Waals surface area contributed by atoms with Crippen LogP contribution in [0.1, 0.15) is 15.9 Å². The molecule has 3 aromatic rings. The third kappa shape index (κ3) is 2.09. The Morgan fingerprint density at radius 3 is 2.73 bits per heavy atom. The molecule has 1 aliphatic heterocycles. The number of nitrogens with zero attached hydrogens (tertiary/aromatic N) is 2. The number of hydrogen-bond donors (Lipinski definition) is 0. The van der Waals surface area contributed by atoms with Gasteiger partial charge in [0.15, 0.2) is 0 Å². The number of ether oxygens (including phenoxy) is 1. The fourth-order valence-electron chi connectivity index (χ4n) is 2.51. The average molecular weight is 311 g/mol. The van der Waals surface area contributed by atoms with E-state index in [9.17, 15) is 4.79 Å². The summed E-state index contributed by atoms with van der Waals surface area (Å²) < 4.78 is 7.04. The molecular formula is C17H11ClN2O2. The molecule has 1 aliphatic rings. The topological polar surface area (TPSA) is 44.1 Å². The highest BCUT2D eigenvalue weighted by molar-refractivity contribution is 6.30. The van der Waals surface area contributed by atoms with Gasteiger partial charge in [-0.25, -0.2) is 4.68 Å². The number of hydrogen-bond acceptors (Lipinski definition) is 3. The van der Waals surface area contributed by atoms with E-state index >= 15 is 0 Å². The maximum atomic E-state index is 12.5. The standard InChI is InChI=1S/C17H11ClN2O2/c18-13-7-5-11(6-8-13)17(21)20-9-12-10-22-15-4-2-1-3-14(15)16(12)19-20/h1-9H,10H2. The zero-order chi connectivity index (χ0) is 15.1. The van der Waals surface area contributed by atoms with Crippen molar-refractivity contribution >= 4 is 17.5 Å². The van der Waals surface area contributed by atoms with Crippen LogP contribution < -0.4 is 4.74 Å². The van der Waals surface area contributed by atoms with Crippen LogP contribution in [0, 0.1) is 0 Å². The summed E-state index contributed by atoms with van der Waals surface area (Å²) in [4.78, 5) is 12.5. The van der Waals surface area contributed by atoms with Gasteiger partial charge in [0, 0.05) is 27.9 Å². The summed E-state index contributed by atoms with van der Waals surface area (Å²) in [5, 5.41) is 5.04. The highest BCUT2D eigenvalue weighted by Crippen LogP contribution is 2.36. The van der Waals surface area contributed by atoms with Crippen molar-refractivity contribution in [2.45, 2.75) is 6.61 Å². The molecule has 0 atom stereocenters. The predicted molar refractivity (Wildman–Crippen MR) is 83.2 cm³/mol. The molecule has 0 aliphatic carbocycles. The van der Waals surface area contributed by atoms with E-state index < -0.39 is 0 Å². The van der Waals surface area contributed by atoms with Gasteiger partial charge in [0.05, 0.1) is 0 Å². The molecular weight excluding hydrogens is 300 g/mol. The Labute approximate surface area is 131 Å². The summed E-state index contributed by atoms with van der Waals surface area (Å²) in [6.45, 7) is 0.417. The van der Waals surface area contributed by atoms with E-state index in [1.807, 2.05) is 24.3 Å². The lowest BCUT2D eigenvalue weighted by Crippen LogP contribution is -2.12. The molecule has 22 heavy (non-hydrogen) atoms. The second-order valence-corrected chi connectivity index (χ2v) is 5.48. The van der Waals surface area contributed by atoms with Crippen LogP contribution in [0.3, 0.4) is 0 Å². The number of fused-ring (bicyclic) bond motifs is 3. The highest BCUT2D eigenvalue weighted by Gasteiger charge is 2.22. The maximum Gasteiger partial charge on any atom is 0.278 e. The van der Waals surface area contributed by atoms with E-state index in [4.69, 9.17) is 16.3 Å². The summed E-state index contributed by atoms with van der Waals surface area (Å²) in [5.41, 5.74) is 3.15. The molecule has 1 aromatic heterocycles. The fraction of sp³-hybridized carbons (Fsp3) is 0.0588. The molecule has 0 amide bonds. The summed E-state index contributed by atoms with van der Waals surface area (Å²) >= 11 is 5.85. The lowest BCUT2D eigenvalue weighted by atomic mass is 10.1. The van der Waals surface area contributed by atoms with Crippen molar-refractivity contribution in [3.63, 3.8) is 0 Å². The monoisotopic (exact) mass is 310 g/mol. The lowest BCUT2D eigenvalue weighted by molar-refractivity contribution is 0.0945. The fourth-order valence-corrected chi connectivity index (χ4v) is 2.64. The van der Waals surface area contributed by atoms with E-state index in [2.05, 4.69) is 5.10 Å². The van der Waals surface area contributed by atoms with Crippen LogP contribution in [0.25, 0.3) is 11.3 Å². The van der Waals surface area contributed by atoms with Gasteiger partial charge in [0.2, 0.25) is 0 Å². The van der Waals surface area contributed by atoms with E-state index in [0.29, 0.717) is 17.2 Å². The van der Waals surface area contributed by atoms with Gasteiger partial charge in [0.25, 0.3) is 5.91 Å². The zero-order valence-corrected chi connectivity index (χ0v) is 12.2. The molecule has 0 saturated carbocycles. The maximum absolute atomic E-state index is 12.5. The first-order chi connectivity index (χ1) is 10.7. The quantitative estimate of drug-likeness (QED) is 0.687. The first-order valence-corrected chi connectivity index (χ1v) is 7.21. The minimum Gasteiger partial charge on any atom is -0.488 e. The third-order valence-corrected chi connectivity index (χ3v) is 3.87. The number of halogens is 1. The Bertz CT molecular complexity index is 869. The van der Waals surface area contributed by atoms with Crippen LogP contribution in [0.2, 0.25) is 5.02 Å². The van der Waals surface area contributed by atoms with Crippen molar-refractivity contribution in [1.82, 2.24) is 9.78 Å². The van der Waals surface area contributed by atoms with Crippen molar-refractivity contribution in [2.24, 2.45) is 0 Å². The molecule has 0 saturated heterocycles. The van der Waals surface area contributed by atoms with Gasteiger partial charge in [-0.3, -0.25) is 4.79 Å². The Morgan fingerprint density at radius 2 is 1.91 bits per heavy atom. The first-order valence-electron chi connectivity index (χ1n) is 6.83. The van der Waals surface area contributed by atoms with E-state index in [0.717, 1.165) is 22.6 Å². The van der Waals surface area contributed by atoms with Crippen LogP contribution in [0.4, 0.5) is 0 Å². The van der Waals surface area contributed by atoms with Crippen molar-refractivity contribution in [2.75, 3.05) is 0 Å². The summed E-state index contributed by atoms with van der Waals surface area (Å²) in [6, 6.07) is 14.4. The molecule has 0 fully saturated rings. The molecule has 2 heterocycles. The normalized spacial score (nSPS) is 12.2. The minimum absolute atomic E-state index is 0.191. The van der Waals surface area contributed by atoms with Crippen LogP contribution in [0.15, 0.2) is 54.7 Å². The number of rotatable bonds is 1. The van der Waals surface area contributed by atoms with Crippen molar-refractivity contribution < 1.29 is 9.53 Å². The summed E-state index contributed by atoms with van der Waals surface area (Å²) in [6.07, 6.45) is 1.72. The minimum atomic E-state index is -0.191. The molecule has 5 heteroatoms. The summed E-state index contributed by atoms with van der Waals surface area (Å²) in [7, 11) is 0. The van der Waals surface area contributed by atoms with E-state index in [-0.39, 0.29) is 5.91 Å². The second-order valence-electron chi connectivity index (χ2n) is 5.04. The van der Waals surface area contributed by atoms with Crippen LogP contribution >= 0.6 is 11.6 Å². The number of para-hydroxylation sites is 1. The van der Waals surface area contributed by atoms with Gasteiger partial charge in [-0.15, -0.1) is 0 Å². The predicted octanol–water partition coefficient (Wildman–Crippen LogP) is 3.78. The second kappa shape index (κ2) is 5.00. The molecule has 0 bridgehead atoms. The Morgan fingerprint density at radius 1 is 1.14 bits per heavy atom. The zero-order valence-electron chi connectivity index (χ0n) is 11.5. The molecule has 0 radical (unpaired) electrons. The molecule has 0 spiro atoms. The molecule has 0 unspecified atom stereocenters. The Kier molecular flexibility index (Phi) is 2.98. The van der Waals surface area contributed by atoms with Crippen LogP contribution in [-0.4, -0.2) is 15.7 Å². The number of aromatic nitrogens is 2. The number of carbonyl (C=O) groups excluding carboxylic acids is 1. The van der Waals surface area contributed by atoms with Gasteiger partial charge in [-0.05, 0) is 36.4 Å². The largest absolute Gasteiger partial charge is 0.488 e. The molecule has 108 valence electrons. The number of benzene rings is 2. The highest BCUT2D eigenvalue weighted by atomic mass is 35.5. The molecule has 4 nitrogen and oxygen atoms in total. The average Bonchev–Trinajstić information content (AvgIpc) is 2.99. The number of carbonyl (C=O) groups is 1. The lowest BCUT2D eigenvalue weighted by Gasteiger charge is -2.15. The third-order valence-electron chi connectivity index (χ3n) is 3.61. The van der Waals surface area contributed by atoms with Gasteiger partial charge in [-0.2, -0.15) is 5.10 Å².